The quantitative estimate of drug-likeness (QED) is 0.798. The van der Waals surface area contributed by atoms with E-state index in [1.807, 2.05) is 23.1 Å². The minimum atomic E-state index is -0.175. The summed E-state index contributed by atoms with van der Waals surface area (Å²) in [5, 5.41) is 11.8. The third kappa shape index (κ3) is 3.52. The van der Waals surface area contributed by atoms with E-state index >= 15 is 0 Å². The van der Waals surface area contributed by atoms with Gasteiger partial charge in [0.25, 0.3) is 5.91 Å². The van der Waals surface area contributed by atoms with Gasteiger partial charge in [0.1, 0.15) is 0 Å². The Morgan fingerprint density at radius 3 is 2.77 bits per heavy atom. The maximum absolute atomic E-state index is 13.3. The van der Waals surface area contributed by atoms with Crippen LogP contribution in [-0.4, -0.2) is 43.4 Å². The smallest absolute Gasteiger partial charge is 0.251 e. The fourth-order valence-corrected chi connectivity index (χ4v) is 4.50. The molecule has 6 nitrogen and oxygen atoms in total. The second kappa shape index (κ2) is 8.19. The maximum atomic E-state index is 13.3. The summed E-state index contributed by atoms with van der Waals surface area (Å²) in [4.78, 5) is 29.2. The molecule has 1 saturated heterocycles. The van der Waals surface area contributed by atoms with Gasteiger partial charge in [-0.05, 0) is 53.6 Å². The molecule has 0 aromatic heterocycles. The summed E-state index contributed by atoms with van der Waals surface area (Å²) in [7, 11) is 1.62. The summed E-state index contributed by atoms with van der Waals surface area (Å²) < 4.78 is 0. The van der Waals surface area contributed by atoms with Gasteiger partial charge in [-0.3, -0.25) is 9.59 Å². The fraction of sp³-hybridized carbons (Fsp3) is 0.375. The third-order valence-corrected chi connectivity index (χ3v) is 6.18. The topological polar surface area (TPSA) is 76.4 Å². The van der Waals surface area contributed by atoms with Crippen LogP contribution in [0.25, 0.3) is 11.1 Å². The predicted octanol–water partition coefficient (Wildman–Crippen LogP) is 2.97. The number of anilines is 1. The molecule has 6 heteroatoms. The monoisotopic (exact) mass is 402 g/mol. The number of benzene rings is 2. The number of hydrogen-bond acceptors (Lipinski definition) is 4. The number of carbonyl (C=O) groups excluding carboxylic acids is 2. The van der Waals surface area contributed by atoms with Crippen LogP contribution in [0.4, 0.5) is 5.69 Å². The van der Waals surface area contributed by atoms with E-state index in [-0.39, 0.29) is 17.7 Å². The van der Waals surface area contributed by atoms with Crippen LogP contribution in [-0.2, 0) is 17.6 Å². The lowest BCUT2D eigenvalue weighted by molar-refractivity contribution is -0.121. The standard InChI is InChI=1S/C24H26N4O2/c1-3-16-5-4-6-17(11-16)21-12-19(23(29)26-2)13-22-20(21)8-10-28(22)24(30)18-7-9-27(14-18)15-25/h4-6,11-13,18H,3,7-10,14H2,1-2H3,(H,26,29)/t18-/m1/s1. The van der Waals surface area contributed by atoms with Crippen molar-refractivity contribution in [3.05, 3.63) is 53.1 Å². The van der Waals surface area contributed by atoms with Crippen molar-refractivity contribution in [1.29, 1.82) is 5.26 Å². The summed E-state index contributed by atoms with van der Waals surface area (Å²) in [6.45, 7) is 3.83. The highest BCUT2D eigenvalue weighted by Crippen LogP contribution is 2.39. The van der Waals surface area contributed by atoms with Gasteiger partial charge >= 0.3 is 0 Å². The Morgan fingerprint density at radius 2 is 2.07 bits per heavy atom. The van der Waals surface area contributed by atoms with Crippen LogP contribution in [0, 0.1) is 17.4 Å². The van der Waals surface area contributed by atoms with E-state index in [9.17, 15) is 9.59 Å². The van der Waals surface area contributed by atoms with Gasteiger partial charge in [0.05, 0.1) is 5.92 Å². The van der Waals surface area contributed by atoms with Crippen LogP contribution < -0.4 is 10.2 Å². The molecule has 2 aromatic carbocycles. The van der Waals surface area contributed by atoms with E-state index in [1.54, 1.807) is 11.9 Å². The van der Waals surface area contributed by atoms with E-state index in [1.165, 1.54) is 5.56 Å². The highest BCUT2D eigenvalue weighted by molar-refractivity contribution is 6.03. The van der Waals surface area contributed by atoms with Crippen LogP contribution in [0.1, 0.15) is 34.8 Å². The van der Waals surface area contributed by atoms with Gasteiger partial charge in [-0.2, -0.15) is 5.26 Å². The summed E-state index contributed by atoms with van der Waals surface area (Å²) in [5.74, 6) is -0.290. The van der Waals surface area contributed by atoms with Crippen molar-refractivity contribution in [1.82, 2.24) is 10.2 Å². The fourth-order valence-electron chi connectivity index (χ4n) is 4.50. The first-order valence-electron chi connectivity index (χ1n) is 10.5. The first kappa shape index (κ1) is 20.0. The van der Waals surface area contributed by atoms with Gasteiger partial charge < -0.3 is 15.1 Å². The normalized spacial score (nSPS) is 17.6. The van der Waals surface area contributed by atoms with E-state index in [2.05, 4.69) is 36.6 Å². The molecule has 2 aliphatic heterocycles. The SMILES string of the molecule is CCc1cccc(-c2cc(C(=O)NC)cc3c2CCN3C(=O)[C@@H]2CCN(C#N)C2)c1. The van der Waals surface area contributed by atoms with Gasteiger partial charge in [-0.25, -0.2) is 0 Å². The van der Waals surface area contributed by atoms with E-state index < -0.39 is 0 Å². The molecular weight excluding hydrogens is 376 g/mol. The first-order chi connectivity index (χ1) is 14.5. The van der Waals surface area contributed by atoms with Gasteiger partial charge in [-0.1, -0.05) is 31.2 Å². The number of hydrogen-bond donors (Lipinski definition) is 1. The van der Waals surface area contributed by atoms with E-state index in [0.717, 1.165) is 35.2 Å². The highest BCUT2D eigenvalue weighted by Gasteiger charge is 2.35. The van der Waals surface area contributed by atoms with Crippen molar-refractivity contribution in [3.63, 3.8) is 0 Å². The van der Waals surface area contributed by atoms with Gasteiger partial charge in [0, 0.05) is 37.9 Å². The van der Waals surface area contributed by atoms with Crippen molar-refractivity contribution in [2.45, 2.75) is 26.2 Å². The number of nitriles is 1. The third-order valence-electron chi connectivity index (χ3n) is 6.18. The van der Waals surface area contributed by atoms with Crippen LogP contribution in [0.3, 0.4) is 0 Å². The zero-order valence-electron chi connectivity index (χ0n) is 17.4. The van der Waals surface area contributed by atoms with Crippen molar-refractivity contribution < 1.29 is 9.59 Å². The van der Waals surface area contributed by atoms with Crippen LogP contribution in [0.2, 0.25) is 0 Å². The molecule has 0 radical (unpaired) electrons. The number of nitrogens with one attached hydrogen (secondary N) is 1. The summed E-state index contributed by atoms with van der Waals surface area (Å²) in [6.07, 6.45) is 4.53. The largest absolute Gasteiger partial charge is 0.355 e. The molecule has 1 atom stereocenters. The average Bonchev–Trinajstić information content (AvgIpc) is 3.44. The second-order valence-corrected chi connectivity index (χ2v) is 7.93. The van der Waals surface area contributed by atoms with Crippen LogP contribution >= 0.6 is 0 Å². The molecule has 0 saturated carbocycles. The van der Waals surface area contributed by atoms with Crippen LogP contribution in [0.15, 0.2) is 36.4 Å². The average molecular weight is 402 g/mol. The number of aryl methyl sites for hydroxylation is 1. The molecule has 1 fully saturated rings. The van der Waals surface area contributed by atoms with Crippen molar-refractivity contribution in [2.75, 3.05) is 31.6 Å². The zero-order chi connectivity index (χ0) is 21.3. The number of likely N-dealkylation sites (tertiary alicyclic amines) is 1. The number of nitrogens with zero attached hydrogens (tertiary/aromatic N) is 3. The predicted molar refractivity (Wildman–Crippen MR) is 116 cm³/mol. The summed E-state index contributed by atoms with van der Waals surface area (Å²) >= 11 is 0. The summed E-state index contributed by atoms with van der Waals surface area (Å²) in [5.41, 5.74) is 5.81. The first-order valence-corrected chi connectivity index (χ1v) is 10.5. The molecule has 2 aliphatic rings. The molecular formula is C24H26N4O2. The molecule has 0 bridgehead atoms. The maximum Gasteiger partial charge on any atom is 0.251 e. The lowest BCUT2D eigenvalue weighted by atomic mass is 9.93. The number of rotatable bonds is 4. The van der Waals surface area contributed by atoms with Gasteiger partial charge in [0.15, 0.2) is 6.19 Å². The Kier molecular flexibility index (Phi) is 5.45. The molecule has 4 rings (SSSR count). The molecule has 1 N–H and O–H groups in total. The number of fused-ring (bicyclic) bond motifs is 1. The summed E-state index contributed by atoms with van der Waals surface area (Å²) in [6, 6.07) is 12.1. The lowest BCUT2D eigenvalue weighted by Crippen LogP contribution is -2.36. The highest BCUT2D eigenvalue weighted by atomic mass is 16.2. The van der Waals surface area contributed by atoms with Crippen LogP contribution in [0.5, 0.6) is 0 Å². The minimum Gasteiger partial charge on any atom is -0.355 e. The lowest BCUT2D eigenvalue weighted by Gasteiger charge is -2.22. The Morgan fingerprint density at radius 1 is 1.23 bits per heavy atom. The van der Waals surface area contributed by atoms with Crippen molar-refractivity contribution >= 4 is 17.5 Å². The number of carbonyl (C=O) groups is 2. The molecule has 30 heavy (non-hydrogen) atoms. The molecule has 2 aromatic rings. The molecule has 2 amide bonds. The van der Waals surface area contributed by atoms with Crippen molar-refractivity contribution in [2.24, 2.45) is 5.92 Å². The minimum absolute atomic E-state index is 0.0498. The number of amides is 2. The molecule has 154 valence electrons. The Balaban J connectivity index is 1.77. The van der Waals surface area contributed by atoms with Gasteiger partial charge in [-0.15, -0.1) is 0 Å². The van der Waals surface area contributed by atoms with E-state index in [0.29, 0.717) is 31.6 Å². The molecule has 0 aliphatic carbocycles. The molecule has 0 spiro atoms. The zero-order valence-corrected chi connectivity index (χ0v) is 17.4. The van der Waals surface area contributed by atoms with Crippen molar-refractivity contribution in [3.8, 4) is 17.3 Å². The van der Waals surface area contributed by atoms with Gasteiger partial charge in [0.2, 0.25) is 5.91 Å². The Hall–Kier alpha value is -3.33. The molecule has 2 heterocycles. The Labute approximate surface area is 177 Å². The molecule has 0 unspecified atom stereocenters. The Bertz CT molecular complexity index is 1040. The van der Waals surface area contributed by atoms with E-state index in [4.69, 9.17) is 5.26 Å². The second-order valence-electron chi connectivity index (χ2n) is 7.93.